The standard InChI is InChI=1S/C22H20F3N7O/c1-13-12-32-8-7-16-19(32)20(31(13)2)30-21(29-16)28-10-14-3-6-18(27-9-14)33-15-4-5-17(26-11-15)22(23,24)25/h3-9,11,13H,10,12H2,1-2H3,(H,28,29,30)/t13-/m0/s1. The number of halogens is 3. The minimum atomic E-state index is -4.49. The second-order valence-electron chi connectivity index (χ2n) is 7.87. The molecule has 170 valence electrons. The molecule has 0 spiro atoms. The van der Waals surface area contributed by atoms with Gasteiger partial charge in [0.1, 0.15) is 17.0 Å². The second-order valence-corrected chi connectivity index (χ2v) is 7.87. The van der Waals surface area contributed by atoms with Crippen LogP contribution < -0.4 is 15.0 Å². The van der Waals surface area contributed by atoms with Gasteiger partial charge in [0.25, 0.3) is 0 Å². The molecule has 4 aromatic rings. The molecular weight excluding hydrogens is 435 g/mol. The van der Waals surface area contributed by atoms with E-state index in [0.717, 1.165) is 41.2 Å². The third kappa shape index (κ3) is 4.13. The highest BCUT2D eigenvalue weighted by molar-refractivity contribution is 5.89. The van der Waals surface area contributed by atoms with Gasteiger partial charge in [-0.2, -0.15) is 18.2 Å². The molecule has 11 heteroatoms. The van der Waals surface area contributed by atoms with Crippen molar-refractivity contribution in [3.63, 3.8) is 0 Å². The molecule has 0 unspecified atom stereocenters. The Bertz CT molecular complexity index is 1290. The molecule has 0 amide bonds. The van der Waals surface area contributed by atoms with Crippen molar-refractivity contribution in [1.29, 1.82) is 0 Å². The van der Waals surface area contributed by atoms with Crippen LogP contribution in [-0.2, 0) is 19.3 Å². The summed E-state index contributed by atoms with van der Waals surface area (Å²) in [4.78, 5) is 19.0. The van der Waals surface area contributed by atoms with Gasteiger partial charge in [-0.05, 0) is 30.7 Å². The molecule has 5 rings (SSSR count). The van der Waals surface area contributed by atoms with E-state index in [1.807, 2.05) is 19.3 Å². The van der Waals surface area contributed by atoms with E-state index in [2.05, 4.69) is 36.7 Å². The van der Waals surface area contributed by atoms with E-state index in [1.54, 1.807) is 18.3 Å². The van der Waals surface area contributed by atoms with Crippen LogP contribution in [0.1, 0.15) is 18.2 Å². The van der Waals surface area contributed by atoms with Crippen molar-refractivity contribution in [2.24, 2.45) is 0 Å². The average Bonchev–Trinajstić information content (AvgIpc) is 3.19. The van der Waals surface area contributed by atoms with E-state index in [9.17, 15) is 13.2 Å². The molecule has 0 saturated carbocycles. The first-order valence-corrected chi connectivity index (χ1v) is 10.3. The highest BCUT2D eigenvalue weighted by Crippen LogP contribution is 2.31. The predicted molar refractivity (Wildman–Crippen MR) is 116 cm³/mol. The van der Waals surface area contributed by atoms with Gasteiger partial charge >= 0.3 is 6.18 Å². The molecule has 4 aromatic heterocycles. The van der Waals surface area contributed by atoms with Gasteiger partial charge in [-0.15, -0.1) is 0 Å². The number of likely N-dealkylation sites (N-methyl/N-ethyl adjacent to an activating group) is 1. The zero-order chi connectivity index (χ0) is 23.2. The fourth-order valence-corrected chi connectivity index (χ4v) is 3.67. The molecule has 0 fully saturated rings. The lowest BCUT2D eigenvalue weighted by Gasteiger charge is -2.32. The van der Waals surface area contributed by atoms with Crippen molar-refractivity contribution in [3.05, 3.63) is 60.2 Å². The smallest absolute Gasteiger partial charge is 0.433 e. The number of hydrogen-bond donors (Lipinski definition) is 1. The maximum Gasteiger partial charge on any atom is 0.433 e. The van der Waals surface area contributed by atoms with Crippen LogP contribution >= 0.6 is 0 Å². The molecule has 1 aliphatic rings. The summed E-state index contributed by atoms with van der Waals surface area (Å²) >= 11 is 0. The molecule has 0 bridgehead atoms. The third-order valence-electron chi connectivity index (χ3n) is 5.55. The van der Waals surface area contributed by atoms with Crippen LogP contribution in [0.5, 0.6) is 11.6 Å². The fraction of sp³-hybridized carbons (Fsp3) is 0.273. The number of rotatable bonds is 5. The molecule has 8 nitrogen and oxygen atoms in total. The minimum Gasteiger partial charge on any atom is -0.437 e. The van der Waals surface area contributed by atoms with Gasteiger partial charge in [-0.1, -0.05) is 6.07 Å². The monoisotopic (exact) mass is 455 g/mol. The first kappa shape index (κ1) is 21.0. The molecule has 5 heterocycles. The summed E-state index contributed by atoms with van der Waals surface area (Å²) in [6.07, 6.45) is 0.179. The number of nitrogens with zero attached hydrogens (tertiary/aromatic N) is 6. The van der Waals surface area contributed by atoms with Gasteiger partial charge < -0.3 is 19.5 Å². The molecule has 0 aliphatic carbocycles. The zero-order valence-corrected chi connectivity index (χ0v) is 17.8. The Morgan fingerprint density at radius 3 is 2.64 bits per heavy atom. The minimum absolute atomic E-state index is 0.169. The van der Waals surface area contributed by atoms with Crippen LogP contribution in [0.2, 0.25) is 0 Å². The molecule has 1 N–H and O–H groups in total. The third-order valence-corrected chi connectivity index (χ3v) is 5.55. The van der Waals surface area contributed by atoms with E-state index in [-0.39, 0.29) is 11.6 Å². The van der Waals surface area contributed by atoms with Gasteiger partial charge in [-0.25, -0.2) is 15.0 Å². The van der Waals surface area contributed by atoms with Crippen molar-refractivity contribution < 1.29 is 17.9 Å². The fourth-order valence-electron chi connectivity index (χ4n) is 3.67. The molecular formula is C22H20F3N7O. The lowest BCUT2D eigenvalue weighted by molar-refractivity contribution is -0.141. The first-order chi connectivity index (χ1) is 15.8. The molecule has 1 aliphatic heterocycles. The number of nitrogens with one attached hydrogen (secondary N) is 1. The van der Waals surface area contributed by atoms with Crippen molar-refractivity contribution >= 4 is 22.8 Å². The number of pyridine rings is 2. The van der Waals surface area contributed by atoms with Crippen LogP contribution in [-0.4, -0.2) is 37.6 Å². The Balaban J connectivity index is 1.26. The SMILES string of the molecule is C[C@H]1Cn2ccc3nc(NCc4ccc(Oc5ccc(C(F)(F)F)nc5)nc4)nc(c32)N1C. The topological polar surface area (TPSA) is 81.0 Å². The summed E-state index contributed by atoms with van der Waals surface area (Å²) in [6, 6.07) is 7.83. The Kier molecular flexibility index (Phi) is 5.03. The molecule has 1 atom stereocenters. The summed E-state index contributed by atoms with van der Waals surface area (Å²) in [6.45, 7) is 3.49. The number of hydrogen-bond acceptors (Lipinski definition) is 7. The van der Waals surface area contributed by atoms with E-state index in [0.29, 0.717) is 18.5 Å². The van der Waals surface area contributed by atoms with E-state index in [4.69, 9.17) is 9.72 Å². The highest BCUT2D eigenvalue weighted by Gasteiger charge is 2.32. The molecule has 0 aromatic carbocycles. The number of anilines is 2. The quantitative estimate of drug-likeness (QED) is 0.475. The number of ether oxygens (including phenoxy) is 1. The van der Waals surface area contributed by atoms with E-state index < -0.39 is 11.9 Å². The van der Waals surface area contributed by atoms with Crippen molar-refractivity contribution in [2.45, 2.75) is 32.2 Å². The Morgan fingerprint density at radius 2 is 1.94 bits per heavy atom. The van der Waals surface area contributed by atoms with Crippen LogP contribution in [0.15, 0.2) is 48.9 Å². The summed E-state index contributed by atoms with van der Waals surface area (Å²) in [5, 5.41) is 3.23. The highest BCUT2D eigenvalue weighted by atomic mass is 19.4. The van der Waals surface area contributed by atoms with Crippen molar-refractivity contribution in [2.75, 3.05) is 17.3 Å². The molecule has 33 heavy (non-hydrogen) atoms. The summed E-state index contributed by atoms with van der Waals surface area (Å²) in [5.74, 6) is 1.83. The molecule has 0 radical (unpaired) electrons. The number of aromatic nitrogens is 5. The normalized spacial score (nSPS) is 15.7. The maximum absolute atomic E-state index is 12.6. The Hall–Kier alpha value is -3.89. The lowest BCUT2D eigenvalue weighted by atomic mass is 10.2. The van der Waals surface area contributed by atoms with E-state index >= 15 is 0 Å². The average molecular weight is 455 g/mol. The zero-order valence-electron chi connectivity index (χ0n) is 17.8. The van der Waals surface area contributed by atoms with Crippen molar-refractivity contribution in [1.82, 2.24) is 24.5 Å². The largest absolute Gasteiger partial charge is 0.437 e. The first-order valence-electron chi connectivity index (χ1n) is 10.3. The van der Waals surface area contributed by atoms with Crippen LogP contribution in [0.4, 0.5) is 24.9 Å². The van der Waals surface area contributed by atoms with Gasteiger partial charge in [-0.3, -0.25) is 0 Å². The van der Waals surface area contributed by atoms with E-state index in [1.165, 1.54) is 6.07 Å². The van der Waals surface area contributed by atoms with Crippen molar-refractivity contribution in [3.8, 4) is 11.6 Å². The van der Waals surface area contributed by atoms with Crippen LogP contribution in [0, 0.1) is 0 Å². The molecule has 0 saturated heterocycles. The lowest BCUT2D eigenvalue weighted by Crippen LogP contribution is -2.37. The summed E-state index contributed by atoms with van der Waals surface area (Å²) in [7, 11) is 2.03. The van der Waals surface area contributed by atoms with Crippen LogP contribution in [0.25, 0.3) is 11.0 Å². The summed E-state index contributed by atoms with van der Waals surface area (Å²) in [5.41, 5.74) is 1.80. The number of alkyl halides is 3. The predicted octanol–water partition coefficient (Wildman–Crippen LogP) is 4.48. The van der Waals surface area contributed by atoms with Gasteiger partial charge in [0.05, 0.1) is 11.7 Å². The van der Waals surface area contributed by atoms with Crippen LogP contribution in [0.3, 0.4) is 0 Å². The summed E-state index contributed by atoms with van der Waals surface area (Å²) < 4.78 is 45.5. The van der Waals surface area contributed by atoms with Gasteiger partial charge in [0.2, 0.25) is 11.8 Å². The Labute approximate surface area is 187 Å². The maximum atomic E-state index is 12.6. The van der Waals surface area contributed by atoms with Gasteiger partial charge in [0.15, 0.2) is 5.82 Å². The Morgan fingerprint density at radius 1 is 1.09 bits per heavy atom. The van der Waals surface area contributed by atoms with Gasteiger partial charge in [0, 0.05) is 44.6 Å². The second kappa shape index (κ2) is 7.91.